The highest BCUT2D eigenvalue weighted by Gasteiger charge is 2.46. The molecule has 36 heavy (non-hydrogen) atoms. The molecule has 3 rings (SSSR count). The number of rotatable bonds is 11. The van der Waals surface area contributed by atoms with Crippen LogP contribution in [0.25, 0.3) is 5.76 Å². The molecule has 1 fully saturated rings. The van der Waals surface area contributed by atoms with Gasteiger partial charge in [-0.1, -0.05) is 19.4 Å². The molecular weight excluding hydrogens is 460 g/mol. The standard InChI is InChI=1S/C28H36N2O6/c1-7-8-15-36-22-12-9-19(17-23(22)35-6)25-24(27(32)28(33)30(25)14-13-29(3)4)26(31)21-11-10-20(34-5)16-18(21)2/h9-12,16-17,25,31H,7-8,13-15H2,1-6H3. The fourth-order valence-electron chi connectivity index (χ4n) is 4.24. The predicted octanol–water partition coefficient (Wildman–Crippen LogP) is 4.17. The number of Topliss-reactive ketones (excluding diaryl/α,β-unsaturated/α-hetero) is 1. The second-order valence-electron chi connectivity index (χ2n) is 9.09. The number of hydrogen-bond acceptors (Lipinski definition) is 7. The lowest BCUT2D eigenvalue weighted by molar-refractivity contribution is -0.140. The van der Waals surface area contributed by atoms with Gasteiger partial charge in [-0.15, -0.1) is 0 Å². The van der Waals surface area contributed by atoms with Gasteiger partial charge in [-0.2, -0.15) is 0 Å². The number of aryl methyl sites for hydroxylation is 1. The van der Waals surface area contributed by atoms with Crippen molar-refractivity contribution in [3.63, 3.8) is 0 Å². The highest BCUT2D eigenvalue weighted by atomic mass is 16.5. The topological polar surface area (TPSA) is 88.5 Å². The van der Waals surface area contributed by atoms with Gasteiger partial charge in [0.05, 0.1) is 32.4 Å². The van der Waals surface area contributed by atoms with Crippen LogP contribution in [0.4, 0.5) is 0 Å². The molecule has 8 heteroatoms. The van der Waals surface area contributed by atoms with E-state index in [1.54, 1.807) is 44.6 Å². The molecule has 1 saturated heterocycles. The molecule has 1 heterocycles. The molecule has 0 saturated carbocycles. The third-order valence-electron chi connectivity index (χ3n) is 6.28. The fraction of sp³-hybridized carbons (Fsp3) is 0.429. The third-order valence-corrected chi connectivity index (χ3v) is 6.28. The van der Waals surface area contributed by atoms with E-state index in [9.17, 15) is 14.7 Å². The zero-order valence-electron chi connectivity index (χ0n) is 22.0. The van der Waals surface area contributed by atoms with Gasteiger partial charge in [-0.05, 0) is 68.9 Å². The number of amides is 1. The van der Waals surface area contributed by atoms with E-state index in [0.717, 1.165) is 18.4 Å². The van der Waals surface area contributed by atoms with Crippen LogP contribution in [-0.2, 0) is 9.59 Å². The summed E-state index contributed by atoms with van der Waals surface area (Å²) in [6.45, 7) is 5.34. The summed E-state index contributed by atoms with van der Waals surface area (Å²) in [5, 5.41) is 11.4. The summed E-state index contributed by atoms with van der Waals surface area (Å²) in [4.78, 5) is 29.9. The van der Waals surface area contributed by atoms with Crippen LogP contribution in [0.3, 0.4) is 0 Å². The number of ether oxygens (including phenoxy) is 3. The molecular formula is C28H36N2O6. The largest absolute Gasteiger partial charge is 0.507 e. The Morgan fingerprint density at radius 1 is 1.06 bits per heavy atom. The van der Waals surface area contributed by atoms with Gasteiger partial charge in [0, 0.05) is 18.7 Å². The van der Waals surface area contributed by atoms with Crippen molar-refractivity contribution in [1.29, 1.82) is 0 Å². The van der Waals surface area contributed by atoms with Crippen LogP contribution in [0.2, 0.25) is 0 Å². The molecule has 1 N–H and O–H groups in total. The Morgan fingerprint density at radius 3 is 2.42 bits per heavy atom. The molecule has 1 atom stereocenters. The number of aliphatic hydroxyl groups excluding tert-OH is 1. The predicted molar refractivity (Wildman–Crippen MR) is 139 cm³/mol. The van der Waals surface area contributed by atoms with Gasteiger partial charge in [-0.25, -0.2) is 0 Å². The van der Waals surface area contributed by atoms with Crippen molar-refractivity contribution in [1.82, 2.24) is 9.80 Å². The Bertz CT molecular complexity index is 1140. The van der Waals surface area contributed by atoms with Crippen LogP contribution < -0.4 is 14.2 Å². The monoisotopic (exact) mass is 496 g/mol. The number of unbranched alkanes of at least 4 members (excludes halogenated alkanes) is 1. The zero-order valence-corrected chi connectivity index (χ0v) is 22.0. The van der Waals surface area contributed by atoms with Crippen molar-refractivity contribution in [2.45, 2.75) is 32.7 Å². The summed E-state index contributed by atoms with van der Waals surface area (Å²) in [5.74, 6) is 0.155. The first-order chi connectivity index (χ1) is 17.2. The first-order valence-electron chi connectivity index (χ1n) is 12.1. The molecule has 1 aliphatic heterocycles. The maximum absolute atomic E-state index is 13.3. The molecule has 0 aliphatic carbocycles. The molecule has 2 aromatic carbocycles. The number of likely N-dealkylation sites (tertiary alicyclic amines) is 1. The second-order valence-corrected chi connectivity index (χ2v) is 9.09. The highest BCUT2D eigenvalue weighted by Crippen LogP contribution is 2.42. The Labute approximate surface area is 213 Å². The van der Waals surface area contributed by atoms with E-state index in [2.05, 4.69) is 6.92 Å². The van der Waals surface area contributed by atoms with Crippen LogP contribution in [-0.4, -0.2) is 74.6 Å². The summed E-state index contributed by atoms with van der Waals surface area (Å²) >= 11 is 0. The number of ketones is 1. The number of hydrogen-bond donors (Lipinski definition) is 1. The summed E-state index contributed by atoms with van der Waals surface area (Å²) in [6, 6.07) is 9.78. The SMILES string of the molecule is CCCCOc1ccc(C2C(=C(O)c3ccc(OC)cc3C)C(=O)C(=O)N2CCN(C)C)cc1OC. The lowest BCUT2D eigenvalue weighted by Gasteiger charge is -2.27. The van der Waals surface area contributed by atoms with Crippen LogP contribution in [0.1, 0.15) is 42.5 Å². The molecule has 1 unspecified atom stereocenters. The lowest BCUT2D eigenvalue weighted by atomic mass is 9.93. The van der Waals surface area contributed by atoms with Crippen molar-refractivity contribution in [3.8, 4) is 17.2 Å². The van der Waals surface area contributed by atoms with Gasteiger partial charge >= 0.3 is 0 Å². The van der Waals surface area contributed by atoms with Gasteiger partial charge in [0.15, 0.2) is 11.5 Å². The number of likely N-dealkylation sites (N-methyl/N-ethyl adjacent to an activating group) is 1. The first-order valence-corrected chi connectivity index (χ1v) is 12.1. The number of aliphatic hydroxyl groups is 1. The van der Waals surface area contributed by atoms with Gasteiger partial charge in [0.2, 0.25) is 0 Å². The quantitative estimate of drug-likeness (QED) is 0.216. The van der Waals surface area contributed by atoms with E-state index in [4.69, 9.17) is 14.2 Å². The molecule has 0 spiro atoms. The summed E-state index contributed by atoms with van der Waals surface area (Å²) in [6.07, 6.45) is 1.92. The van der Waals surface area contributed by atoms with Gasteiger partial charge in [-0.3, -0.25) is 9.59 Å². The number of nitrogens with zero attached hydrogens (tertiary/aromatic N) is 2. The molecule has 2 aromatic rings. The van der Waals surface area contributed by atoms with E-state index in [1.165, 1.54) is 4.90 Å². The van der Waals surface area contributed by atoms with Gasteiger partial charge in [0.1, 0.15) is 11.5 Å². The normalized spacial score (nSPS) is 17.1. The third kappa shape index (κ3) is 5.65. The molecule has 0 aromatic heterocycles. The summed E-state index contributed by atoms with van der Waals surface area (Å²) in [5.41, 5.74) is 1.90. The molecule has 1 aliphatic rings. The van der Waals surface area contributed by atoms with E-state index < -0.39 is 17.7 Å². The summed E-state index contributed by atoms with van der Waals surface area (Å²) in [7, 11) is 6.92. The van der Waals surface area contributed by atoms with E-state index in [1.807, 2.05) is 32.0 Å². The van der Waals surface area contributed by atoms with E-state index in [0.29, 0.717) is 48.1 Å². The van der Waals surface area contributed by atoms with Crippen LogP contribution >= 0.6 is 0 Å². The van der Waals surface area contributed by atoms with Crippen molar-refractivity contribution in [2.75, 3.05) is 48.0 Å². The van der Waals surface area contributed by atoms with Crippen LogP contribution in [0.15, 0.2) is 42.0 Å². The van der Waals surface area contributed by atoms with Crippen LogP contribution in [0, 0.1) is 6.92 Å². The number of carbonyl (C=O) groups excluding carboxylic acids is 2. The van der Waals surface area contributed by atoms with Crippen molar-refractivity contribution >= 4 is 17.4 Å². The summed E-state index contributed by atoms with van der Waals surface area (Å²) < 4.78 is 16.7. The first kappa shape index (κ1) is 27.1. The maximum atomic E-state index is 13.3. The average Bonchev–Trinajstić information content (AvgIpc) is 3.12. The Balaban J connectivity index is 2.14. The number of methoxy groups -OCH3 is 2. The Hall–Kier alpha value is -3.52. The second kappa shape index (κ2) is 11.9. The average molecular weight is 497 g/mol. The van der Waals surface area contributed by atoms with Crippen molar-refractivity contribution in [2.24, 2.45) is 0 Å². The van der Waals surface area contributed by atoms with Gasteiger partial charge in [0.25, 0.3) is 11.7 Å². The van der Waals surface area contributed by atoms with E-state index in [-0.39, 0.29) is 11.3 Å². The van der Waals surface area contributed by atoms with Crippen molar-refractivity contribution in [3.05, 3.63) is 58.7 Å². The Morgan fingerprint density at radius 2 is 1.81 bits per heavy atom. The highest BCUT2D eigenvalue weighted by molar-refractivity contribution is 6.46. The minimum Gasteiger partial charge on any atom is -0.507 e. The molecule has 8 nitrogen and oxygen atoms in total. The van der Waals surface area contributed by atoms with Crippen LogP contribution in [0.5, 0.6) is 17.2 Å². The van der Waals surface area contributed by atoms with Crippen molar-refractivity contribution < 1.29 is 28.9 Å². The molecule has 194 valence electrons. The Kier molecular flexibility index (Phi) is 8.98. The number of carbonyl (C=O) groups is 2. The fourth-order valence-corrected chi connectivity index (χ4v) is 4.24. The molecule has 1 amide bonds. The minimum absolute atomic E-state index is 0.0497. The molecule has 0 radical (unpaired) electrons. The zero-order chi connectivity index (χ0) is 26.4. The minimum atomic E-state index is -0.773. The maximum Gasteiger partial charge on any atom is 0.295 e. The lowest BCUT2D eigenvalue weighted by Crippen LogP contribution is -2.35. The molecule has 0 bridgehead atoms. The van der Waals surface area contributed by atoms with E-state index >= 15 is 0 Å². The van der Waals surface area contributed by atoms with Gasteiger partial charge < -0.3 is 29.1 Å². The number of benzene rings is 2. The smallest absolute Gasteiger partial charge is 0.295 e.